The molecule has 0 saturated carbocycles. The fourth-order valence-corrected chi connectivity index (χ4v) is 3.61. The quantitative estimate of drug-likeness (QED) is 0.825. The summed E-state index contributed by atoms with van der Waals surface area (Å²) in [6.45, 7) is 9.20. The number of hydrazone groups is 1. The van der Waals surface area contributed by atoms with Gasteiger partial charge in [0, 0.05) is 30.4 Å². The van der Waals surface area contributed by atoms with Crippen molar-refractivity contribution in [3.05, 3.63) is 30.3 Å². The molecule has 3 rings (SSSR count). The number of carbonyl (C=O) groups is 1. The van der Waals surface area contributed by atoms with Gasteiger partial charge >= 0.3 is 0 Å². The minimum atomic E-state index is -0.343. The van der Waals surface area contributed by atoms with Crippen molar-refractivity contribution in [2.24, 2.45) is 16.9 Å². The molecule has 1 aromatic rings. The van der Waals surface area contributed by atoms with E-state index in [1.165, 1.54) is 0 Å². The molecule has 2 aliphatic heterocycles. The maximum absolute atomic E-state index is 12.5. The van der Waals surface area contributed by atoms with Gasteiger partial charge in [-0.25, -0.2) is 0 Å². The van der Waals surface area contributed by atoms with E-state index < -0.39 is 0 Å². The van der Waals surface area contributed by atoms with Gasteiger partial charge in [-0.15, -0.1) is 0 Å². The highest BCUT2D eigenvalue weighted by molar-refractivity contribution is 5.90. The number of para-hydroxylation sites is 1. The Morgan fingerprint density at radius 3 is 2.27 bits per heavy atom. The van der Waals surface area contributed by atoms with E-state index in [0.29, 0.717) is 25.4 Å². The summed E-state index contributed by atoms with van der Waals surface area (Å²) in [5.74, 6) is 0.360. The van der Waals surface area contributed by atoms with Crippen molar-refractivity contribution in [2.45, 2.75) is 58.2 Å². The number of nitrogens with one attached hydrogen (secondary N) is 1. The van der Waals surface area contributed by atoms with Gasteiger partial charge in [0.15, 0.2) is 0 Å². The number of benzene rings is 1. The molecule has 2 saturated heterocycles. The Morgan fingerprint density at radius 2 is 1.62 bits per heavy atom. The summed E-state index contributed by atoms with van der Waals surface area (Å²) in [7, 11) is 0. The van der Waals surface area contributed by atoms with Crippen molar-refractivity contribution >= 4 is 17.2 Å². The first-order valence-corrected chi connectivity index (χ1v) is 9.42. The summed E-state index contributed by atoms with van der Waals surface area (Å²) in [6, 6.07) is 9.92. The number of anilines is 1. The van der Waals surface area contributed by atoms with E-state index >= 15 is 0 Å². The fraction of sp³-hybridized carbons (Fsp3) is 0.619. The van der Waals surface area contributed by atoms with E-state index in [2.05, 4.69) is 24.4 Å². The third-order valence-corrected chi connectivity index (χ3v) is 5.16. The van der Waals surface area contributed by atoms with Crippen molar-refractivity contribution in [2.75, 3.05) is 18.6 Å². The maximum atomic E-state index is 12.5. The van der Waals surface area contributed by atoms with Gasteiger partial charge < -0.3 is 9.47 Å². The summed E-state index contributed by atoms with van der Waals surface area (Å²) >= 11 is 0. The summed E-state index contributed by atoms with van der Waals surface area (Å²) in [4.78, 5) is 12.5. The molecule has 142 valence electrons. The smallest absolute Gasteiger partial charge is 0.141 e. The minimum Gasteiger partial charge on any atom is -0.374 e. The van der Waals surface area contributed by atoms with Crippen molar-refractivity contribution in [1.29, 1.82) is 0 Å². The Morgan fingerprint density at radius 1 is 1.00 bits per heavy atom. The molecule has 2 atom stereocenters. The van der Waals surface area contributed by atoms with Crippen LogP contribution >= 0.6 is 0 Å². The largest absolute Gasteiger partial charge is 0.374 e. The van der Waals surface area contributed by atoms with Gasteiger partial charge in [0.2, 0.25) is 0 Å². The van der Waals surface area contributed by atoms with Gasteiger partial charge in [-0.2, -0.15) is 5.10 Å². The third-order valence-electron chi connectivity index (χ3n) is 5.16. The molecular formula is C21H30N2O3. The maximum Gasteiger partial charge on any atom is 0.141 e. The lowest BCUT2D eigenvalue weighted by molar-refractivity contribution is -0.146. The number of ketones is 1. The molecule has 2 fully saturated rings. The summed E-state index contributed by atoms with van der Waals surface area (Å²) < 4.78 is 11.9. The van der Waals surface area contributed by atoms with Gasteiger partial charge in [-0.05, 0) is 46.2 Å². The number of carbonyl (C=O) groups excluding carboxylic acids is 1. The fourth-order valence-electron chi connectivity index (χ4n) is 3.61. The molecule has 26 heavy (non-hydrogen) atoms. The highest BCUT2D eigenvalue weighted by Gasteiger charge is 2.39. The Kier molecular flexibility index (Phi) is 5.49. The average molecular weight is 358 g/mol. The second-order valence-corrected chi connectivity index (χ2v) is 8.67. The van der Waals surface area contributed by atoms with Gasteiger partial charge in [0.05, 0.1) is 30.1 Å². The predicted octanol–water partition coefficient (Wildman–Crippen LogP) is 4.04. The number of hydrogen-bond acceptors (Lipinski definition) is 5. The number of Topliss-reactive ketones (excluding diaryl/α,β-unsaturated/α-hetero) is 1. The van der Waals surface area contributed by atoms with Crippen LogP contribution in [0.3, 0.4) is 0 Å². The molecule has 2 heterocycles. The number of hydrogen-bond donors (Lipinski definition) is 1. The number of nitrogens with zero attached hydrogens (tertiary/aromatic N) is 1. The average Bonchev–Trinajstić information content (AvgIpc) is 2.57. The topological polar surface area (TPSA) is 59.9 Å². The van der Waals surface area contributed by atoms with Gasteiger partial charge in [-0.3, -0.25) is 10.2 Å². The van der Waals surface area contributed by atoms with Gasteiger partial charge in [-0.1, -0.05) is 18.2 Å². The first-order chi connectivity index (χ1) is 12.2. The highest BCUT2D eigenvalue weighted by atomic mass is 16.5. The van der Waals surface area contributed by atoms with Crippen LogP contribution in [0.5, 0.6) is 0 Å². The van der Waals surface area contributed by atoms with Crippen molar-refractivity contribution in [3.8, 4) is 0 Å². The minimum absolute atomic E-state index is 0.0697. The lowest BCUT2D eigenvalue weighted by atomic mass is 9.80. The van der Waals surface area contributed by atoms with E-state index in [-0.39, 0.29) is 23.0 Å². The van der Waals surface area contributed by atoms with Crippen LogP contribution in [0.4, 0.5) is 5.69 Å². The first-order valence-electron chi connectivity index (χ1n) is 9.42. The zero-order valence-corrected chi connectivity index (χ0v) is 16.2. The van der Waals surface area contributed by atoms with Crippen molar-refractivity contribution in [1.82, 2.24) is 0 Å². The molecule has 2 aliphatic rings. The lowest BCUT2D eigenvalue weighted by Gasteiger charge is -2.39. The molecule has 0 aliphatic carbocycles. The Hall–Kier alpha value is -1.72. The molecule has 0 spiro atoms. The Labute approximate surface area is 156 Å². The summed E-state index contributed by atoms with van der Waals surface area (Å²) in [5.41, 5.74) is 4.62. The molecule has 0 amide bonds. The number of ether oxygens (including phenoxy) is 2. The highest BCUT2D eigenvalue weighted by Crippen LogP contribution is 2.33. The second-order valence-electron chi connectivity index (χ2n) is 8.67. The van der Waals surface area contributed by atoms with E-state index in [9.17, 15) is 4.79 Å². The van der Waals surface area contributed by atoms with Crippen LogP contribution in [0.2, 0.25) is 0 Å². The molecule has 1 N–H and O–H groups in total. The molecule has 5 nitrogen and oxygen atoms in total. The predicted molar refractivity (Wildman–Crippen MR) is 103 cm³/mol. The van der Waals surface area contributed by atoms with E-state index in [4.69, 9.17) is 9.47 Å². The van der Waals surface area contributed by atoms with Crippen LogP contribution in [0.15, 0.2) is 35.4 Å². The van der Waals surface area contributed by atoms with E-state index in [0.717, 1.165) is 24.2 Å². The SMILES string of the molecule is CC1(C)CC(=O)[C@@H](C[C@@H]2COC(C)(C)C/C2=N/Nc2ccccc2)CO1. The van der Waals surface area contributed by atoms with Crippen LogP contribution in [0.25, 0.3) is 0 Å². The molecule has 0 radical (unpaired) electrons. The third kappa shape index (κ3) is 4.92. The standard InChI is InChI=1S/C21H30N2O3/c1-20(2)11-18(23-22-17-8-6-5-7-9-17)15(13-25-20)10-16-14-26-21(3,4)12-19(16)24/h5-9,15-16,22H,10-14H2,1-4H3/b23-18-/t15-,16+/m1/s1. The molecular weight excluding hydrogens is 328 g/mol. The molecule has 0 aromatic heterocycles. The first kappa shape index (κ1) is 19.1. The van der Waals surface area contributed by atoms with Crippen LogP contribution < -0.4 is 5.43 Å². The second kappa shape index (κ2) is 7.49. The van der Waals surface area contributed by atoms with Crippen molar-refractivity contribution in [3.63, 3.8) is 0 Å². The molecule has 0 bridgehead atoms. The molecule has 0 unspecified atom stereocenters. The van der Waals surface area contributed by atoms with Gasteiger partial charge in [0.1, 0.15) is 5.78 Å². The molecule has 1 aromatic carbocycles. The van der Waals surface area contributed by atoms with Crippen molar-refractivity contribution < 1.29 is 14.3 Å². The summed E-state index contributed by atoms with van der Waals surface area (Å²) in [6.07, 6.45) is 1.97. The normalized spacial score (nSPS) is 29.5. The van der Waals surface area contributed by atoms with E-state index in [1.807, 2.05) is 44.2 Å². The van der Waals surface area contributed by atoms with Crippen LogP contribution in [0.1, 0.15) is 47.0 Å². The number of rotatable bonds is 4. The van der Waals surface area contributed by atoms with Crippen LogP contribution in [-0.2, 0) is 14.3 Å². The van der Waals surface area contributed by atoms with Crippen LogP contribution in [0, 0.1) is 11.8 Å². The van der Waals surface area contributed by atoms with Crippen LogP contribution in [-0.4, -0.2) is 35.9 Å². The van der Waals surface area contributed by atoms with E-state index in [1.54, 1.807) is 0 Å². The van der Waals surface area contributed by atoms with Gasteiger partial charge in [0.25, 0.3) is 0 Å². The Bertz CT molecular complexity index is 667. The lowest BCUT2D eigenvalue weighted by Crippen LogP contribution is -2.45. The summed E-state index contributed by atoms with van der Waals surface area (Å²) in [5, 5.41) is 4.68. The zero-order valence-electron chi connectivity index (χ0n) is 16.2. The zero-order chi connectivity index (χ0) is 18.8. The monoisotopic (exact) mass is 358 g/mol. The molecule has 5 heteroatoms. The Balaban J connectivity index is 1.70.